The Bertz CT molecular complexity index is 464. The van der Waals surface area contributed by atoms with Gasteiger partial charge in [0.25, 0.3) is 0 Å². The highest BCUT2D eigenvalue weighted by atomic mass is 79.9. The lowest BCUT2D eigenvalue weighted by atomic mass is 9.94. The first-order valence-corrected chi connectivity index (χ1v) is 7.87. The lowest BCUT2D eigenvalue weighted by Crippen LogP contribution is -2.42. The third kappa shape index (κ3) is 6.96. The molecule has 5 heteroatoms. The molecule has 1 aromatic carbocycles. The van der Waals surface area contributed by atoms with E-state index in [-0.39, 0.29) is 11.6 Å². The third-order valence-electron chi connectivity index (χ3n) is 2.93. The molecule has 0 radical (unpaired) electrons. The Labute approximate surface area is 135 Å². The molecule has 0 saturated heterocycles. The van der Waals surface area contributed by atoms with Crippen molar-refractivity contribution >= 4 is 22.0 Å². The van der Waals surface area contributed by atoms with E-state index in [4.69, 9.17) is 4.74 Å². The summed E-state index contributed by atoms with van der Waals surface area (Å²) in [5.74, 6) is 0. The molecule has 21 heavy (non-hydrogen) atoms. The summed E-state index contributed by atoms with van der Waals surface area (Å²) >= 11 is 3.43. The summed E-state index contributed by atoms with van der Waals surface area (Å²) in [5.41, 5.74) is 0.577. The number of nitrogens with one attached hydrogen (secondary N) is 2. The fourth-order valence-corrected chi connectivity index (χ4v) is 2.09. The minimum Gasteiger partial charge on any atom is -0.444 e. The van der Waals surface area contributed by atoms with Gasteiger partial charge in [-0.05, 0) is 52.3 Å². The first-order chi connectivity index (χ1) is 9.60. The van der Waals surface area contributed by atoms with Gasteiger partial charge in [0.1, 0.15) is 5.60 Å². The molecule has 0 aromatic heterocycles. The molecule has 0 unspecified atom stereocenters. The maximum Gasteiger partial charge on any atom is 0.407 e. The number of benzene rings is 1. The molecule has 1 rings (SSSR count). The van der Waals surface area contributed by atoms with Gasteiger partial charge >= 0.3 is 6.09 Å². The lowest BCUT2D eigenvalue weighted by Gasteiger charge is -2.27. The van der Waals surface area contributed by atoms with E-state index in [1.165, 1.54) is 5.56 Å². The van der Waals surface area contributed by atoms with Crippen LogP contribution in [0.1, 0.15) is 40.2 Å². The average molecular weight is 357 g/mol. The average Bonchev–Trinajstić information content (AvgIpc) is 2.33. The Hall–Kier alpha value is -1.07. The van der Waals surface area contributed by atoms with Gasteiger partial charge in [-0.15, -0.1) is 0 Å². The zero-order chi connectivity index (χ0) is 16.1. The summed E-state index contributed by atoms with van der Waals surface area (Å²) in [6.45, 7) is 11.0. The van der Waals surface area contributed by atoms with Crippen LogP contribution in [0.25, 0.3) is 0 Å². The van der Waals surface area contributed by atoms with Crippen LogP contribution in [0.4, 0.5) is 4.79 Å². The molecule has 0 aliphatic carbocycles. The van der Waals surface area contributed by atoms with Gasteiger partial charge in [0, 0.05) is 23.1 Å². The van der Waals surface area contributed by atoms with E-state index < -0.39 is 5.60 Å². The standard InChI is InChI=1S/C16H25BrN2O2/c1-15(2,3)21-14(20)18-10-11-19-16(4,5)12-6-8-13(17)9-7-12/h6-9,19H,10-11H2,1-5H3,(H,18,20). The summed E-state index contributed by atoms with van der Waals surface area (Å²) in [6.07, 6.45) is -0.384. The first kappa shape index (κ1) is 18.0. The predicted molar refractivity (Wildman–Crippen MR) is 89.4 cm³/mol. The second kappa shape index (κ2) is 7.27. The Morgan fingerprint density at radius 3 is 2.19 bits per heavy atom. The minimum absolute atomic E-state index is 0.156. The van der Waals surface area contributed by atoms with E-state index in [9.17, 15) is 4.79 Å². The monoisotopic (exact) mass is 356 g/mol. The van der Waals surface area contributed by atoms with E-state index in [0.717, 1.165) is 4.47 Å². The summed E-state index contributed by atoms with van der Waals surface area (Å²) in [6, 6.07) is 8.21. The van der Waals surface area contributed by atoms with Crippen LogP contribution in [0.2, 0.25) is 0 Å². The molecule has 0 fully saturated rings. The molecule has 2 N–H and O–H groups in total. The molecule has 0 saturated carbocycles. The van der Waals surface area contributed by atoms with Crippen LogP contribution in [0.5, 0.6) is 0 Å². The lowest BCUT2D eigenvalue weighted by molar-refractivity contribution is 0.0527. The number of alkyl carbamates (subject to hydrolysis) is 1. The predicted octanol–water partition coefficient (Wildman–Crippen LogP) is 3.80. The van der Waals surface area contributed by atoms with Gasteiger partial charge in [-0.3, -0.25) is 0 Å². The fourth-order valence-electron chi connectivity index (χ4n) is 1.82. The Kier molecular flexibility index (Phi) is 6.23. The molecule has 0 heterocycles. The highest BCUT2D eigenvalue weighted by Gasteiger charge is 2.20. The molecule has 0 atom stereocenters. The van der Waals surface area contributed by atoms with Gasteiger partial charge in [-0.25, -0.2) is 4.79 Å². The zero-order valence-electron chi connectivity index (χ0n) is 13.4. The smallest absolute Gasteiger partial charge is 0.407 e. The summed E-state index contributed by atoms with van der Waals surface area (Å²) < 4.78 is 6.25. The van der Waals surface area contributed by atoms with Crippen molar-refractivity contribution in [3.05, 3.63) is 34.3 Å². The molecule has 4 nitrogen and oxygen atoms in total. The van der Waals surface area contributed by atoms with Crippen molar-refractivity contribution in [1.29, 1.82) is 0 Å². The second-order valence-electron chi connectivity index (χ2n) is 6.49. The Balaban J connectivity index is 2.37. The van der Waals surface area contributed by atoms with Crippen molar-refractivity contribution in [1.82, 2.24) is 10.6 Å². The highest BCUT2D eigenvalue weighted by molar-refractivity contribution is 9.10. The summed E-state index contributed by atoms with van der Waals surface area (Å²) in [5, 5.41) is 6.17. The number of hydrogen-bond donors (Lipinski definition) is 2. The van der Waals surface area contributed by atoms with Crippen LogP contribution in [-0.2, 0) is 10.3 Å². The molecule has 0 aliphatic rings. The maximum absolute atomic E-state index is 11.5. The first-order valence-electron chi connectivity index (χ1n) is 7.08. The van der Waals surface area contributed by atoms with Crippen molar-refractivity contribution in [2.75, 3.05) is 13.1 Å². The highest BCUT2D eigenvalue weighted by Crippen LogP contribution is 2.21. The topological polar surface area (TPSA) is 50.4 Å². The Morgan fingerprint density at radius 2 is 1.67 bits per heavy atom. The van der Waals surface area contributed by atoms with E-state index in [1.54, 1.807) is 0 Å². The number of rotatable bonds is 5. The fraction of sp³-hybridized carbons (Fsp3) is 0.562. The van der Waals surface area contributed by atoms with Crippen molar-refractivity contribution in [3.8, 4) is 0 Å². The molecule has 1 amide bonds. The minimum atomic E-state index is -0.464. The molecule has 0 spiro atoms. The number of amides is 1. The number of halogens is 1. The van der Waals surface area contributed by atoms with Gasteiger partial charge in [0.05, 0.1) is 0 Å². The summed E-state index contributed by atoms with van der Waals surface area (Å²) in [4.78, 5) is 11.5. The van der Waals surface area contributed by atoms with E-state index in [2.05, 4.69) is 52.5 Å². The SMILES string of the molecule is CC(C)(C)OC(=O)NCCNC(C)(C)c1ccc(Br)cc1. The number of hydrogen-bond acceptors (Lipinski definition) is 3. The third-order valence-corrected chi connectivity index (χ3v) is 3.45. The van der Waals surface area contributed by atoms with Crippen LogP contribution >= 0.6 is 15.9 Å². The van der Waals surface area contributed by atoms with E-state index >= 15 is 0 Å². The van der Waals surface area contributed by atoms with Crippen LogP contribution < -0.4 is 10.6 Å². The summed E-state index contributed by atoms with van der Waals surface area (Å²) in [7, 11) is 0. The largest absolute Gasteiger partial charge is 0.444 e. The van der Waals surface area contributed by atoms with Gasteiger partial charge < -0.3 is 15.4 Å². The van der Waals surface area contributed by atoms with Crippen molar-refractivity contribution in [3.63, 3.8) is 0 Å². The molecule has 1 aromatic rings. The maximum atomic E-state index is 11.5. The second-order valence-corrected chi connectivity index (χ2v) is 7.40. The number of ether oxygens (including phenoxy) is 1. The number of carbonyl (C=O) groups is 1. The van der Waals surface area contributed by atoms with Gasteiger partial charge in [0.15, 0.2) is 0 Å². The van der Waals surface area contributed by atoms with Gasteiger partial charge in [-0.2, -0.15) is 0 Å². The van der Waals surface area contributed by atoms with Crippen LogP contribution in [0.3, 0.4) is 0 Å². The van der Waals surface area contributed by atoms with Crippen molar-refractivity contribution in [2.45, 2.75) is 45.8 Å². The quantitative estimate of drug-likeness (QED) is 0.788. The normalized spacial score (nSPS) is 12.1. The van der Waals surface area contributed by atoms with E-state index in [1.807, 2.05) is 32.9 Å². The van der Waals surface area contributed by atoms with Crippen LogP contribution in [0, 0.1) is 0 Å². The molecule has 0 aliphatic heterocycles. The zero-order valence-corrected chi connectivity index (χ0v) is 15.0. The molecule has 0 bridgehead atoms. The van der Waals surface area contributed by atoms with Crippen molar-refractivity contribution in [2.24, 2.45) is 0 Å². The molecule has 118 valence electrons. The Morgan fingerprint density at radius 1 is 1.10 bits per heavy atom. The van der Waals surface area contributed by atoms with Gasteiger partial charge in [0.2, 0.25) is 0 Å². The van der Waals surface area contributed by atoms with Gasteiger partial charge in [-0.1, -0.05) is 28.1 Å². The molecular weight excluding hydrogens is 332 g/mol. The molecular formula is C16H25BrN2O2. The van der Waals surface area contributed by atoms with Crippen LogP contribution in [-0.4, -0.2) is 24.8 Å². The van der Waals surface area contributed by atoms with Crippen molar-refractivity contribution < 1.29 is 9.53 Å². The number of carbonyl (C=O) groups excluding carboxylic acids is 1. The van der Waals surface area contributed by atoms with Crippen LogP contribution in [0.15, 0.2) is 28.7 Å². The van der Waals surface area contributed by atoms with E-state index in [0.29, 0.717) is 13.1 Å².